The van der Waals surface area contributed by atoms with Crippen molar-refractivity contribution in [1.29, 1.82) is 0 Å². The van der Waals surface area contributed by atoms with Gasteiger partial charge < -0.3 is 9.72 Å². The number of hydrogen-bond donors (Lipinski definition) is 1. The molecule has 0 spiro atoms. The first-order valence-corrected chi connectivity index (χ1v) is 12.7. The average Bonchev–Trinajstić information content (AvgIpc) is 3.43. The highest BCUT2D eigenvalue weighted by Gasteiger charge is 2.16. The van der Waals surface area contributed by atoms with Crippen LogP contribution in [-0.4, -0.2) is 19.7 Å². The van der Waals surface area contributed by atoms with E-state index in [0.717, 1.165) is 50.8 Å². The van der Waals surface area contributed by atoms with Crippen LogP contribution in [0.2, 0.25) is 0 Å². The standard InChI is InChI=1S/C32H24N4OS/c38-32-33-29(24-12-6-2-7-13-24)20-30(34-32)28-21-36(26-14-8-3-9-15-26)35-31(28)25-16-18-27(19-17-25)37-22-23-10-4-1-5-11-23/h1-21H,22H2,(H,33,34,38). The normalized spacial score (nSPS) is 10.8. The molecule has 1 N–H and O–H groups in total. The molecule has 2 heterocycles. The predicted octanol–water partition coefficient (Wildman–Crippen LogP) is 7.90. The van der Waals surface area contributed by atoms with Gasteiger partial charge in [-0.05, 0) is 60.2 Å². The maximum absolute atomic E-state index is 6.00. The van der Waals surface area contributed by atoms with Gasteiger partial charge in [0, 0.05) is 22.9 Å². The topological polar surface area (TPSA) is 55.7 Å². The molecule has 184 valence electrons. The van der Waals surface area contributed by atoms with Crippen molar-refractivity contribution >= 4 is 12.2 Å². The zero-order chi connectivity index (χ0) is 25.7. The lowest BCUT2D eigenvalue weighted by Gasteiger charge is -2.08. The lowest BCUT2D eigenvalue weighted by molar-refractivity contribution is 0.306. The van der Waals surface area contributed by atoms with Crippen molar-refractivity contribution in [3.63, 3.8) is 0 Å². The van der Waals surface area contributed by atoms with Crippen molar-refractivity contribution in [2.75, 3.05) is 0 Å². The molecule has 0 saturated heterocycles. The van der Waals surface area contributed by atoms with Crippen molar-refractivity contribution in [2.24, 2.45) is 0 Å². The Balaban J connectivity index is 1.39. The van der Waals surface area contributed by atoms with E-state index in [1.807, 2.05) is 120 Å². The van der Waals surface area contributed by atoms with Gasteiger partial charge in [0.1, 0.15) is 18.1 Å². The smallest absolute Gasteiger partial charge is 0.197 e. The highest BCUT2D eigenvalue weighted by Crippen LogP contribution is 2.33. The van der Waals surface area contributed by atoms with Crippen molar-refractivity contribution in [1.82, 2.24) is 19.7 Å². The summed E-state index contributed by atoms with van der Waals surface area (Å²) in [5.41, 5.74) is 7.50. The summed E-state index contributed by atoms with van der Waals surface area (Å²) < 4.78 is 8.31. The zero-order valence-corrected chi connectivity index (χ0v) is 21.3. The van der Waals surface area contributed by atoms with Gasteiger partial charge in [-0.2, -0.15) is 5.10 Å². The number of nitrogens with zero attached hydrogens (tertiary/aromatic N) is 3. The van der Waals surface area contributed by atoms with E-state index in [-0.39, 0.29) is 0 Å². The molecule has 5 nitrogen and oxygen atoms in total. The van der Waals surface area contributed by atoms with Crippen LogP contribution >= 0.6 is 12.2 Å². The molecule has 0 unspecified atom stereocenters. The van der Waals surface area contributed by atoms with Gasteiger partial charge in [-0.1, -0.05) is 78.9 Å². The van der Waals surface area contributed by atoms with E-state index in [1.165, 1.54) is 0 Å². The first-order chi connectivity index (χ1) is 18.7. The Bertz CT molecular complexity index is 1710. The molecular weight excluding hydrogens is 488 g/mol. The molecule has 0 bridgehead atoms. The molecule has 0 radical (unpaired) electrons. The third-order valence-electron chi connectivity index (χ3n) is 6.22. The molecule has 0 aliphatic heterocycles. The summed E-state index contributed by atoms with van der Waals surface area (Å²) in [4.78, 5) is 7.85. The van der Waals surface area contributed by atoms with Crippen molar-refractivity contribution in [2.45, 2.75) is 6.61 Å². The third-order valence-corrected chi connectivity index (χ3v) is 6.41. The minimum atomic E-state index is 0.421. The van der Waals surface area contributed by atoms with E-state index >= 15 is 0 Å². The summed E-state index contributed by atoms with van der Waals surface area (Å²) in [5, 5.41) is 4.98. The van der Waals surface area contributed by atoms with Gasteiger partial charge in [-0.3, -0.25) is 0 Å². The van der Waals surface area contributed by atoms with E-state index in [0.29, 0.717) is 11.4 Å². The van der Waals surface area contributed by atoms with Crippen LogP contribution in [0.4, 0.5) is 0 Å². The van der Waals surface area contributed by atoms with Gasteiger partial charge >= 0.3 is 0 Å². The first kappa shape index (κ1) is 23.6. The number of ether oxygens (including phenoxy) is 1. The Kier molecular flexibility index (Phi) is 6.62. The Labute approximate surface area is 226 Å². The van der Waals surface area contributed by atoms with E-state index < -0.39 is 0 Å². The fraction of sp³-hybridized carbons (Fsp3) is 0.0312. The van der Waals surface area contributed by atoms with Crippen LogP contribution < -0.4 is 4.74 Å². The summed E-state index contributed by atoms with van der Waals surface area (Å²) in [6, 6.07) is 40.3. The molecule has 6 heteroatoms. The van der Waals surface area contributed by atoms with Crippen LogP contribution in [0.1, 0.15) is 5.56 Å². The zero-order valence-electron chi connectivity index (χ0n) is 20.5. The predicted molar refractivity (Wildman–Crippen MR) is 154 cm³/mol. The Morgan fingerprint density at radius 1 is 0.737 bits per heavy atom. The summed E-state index contributed by atoms with van der Waals surface area (Å²) >= 11 is 5.52. The Morgan fingerprint density at radius 2 is 1.39 bits per heavy atom. The fourth-order valence-corrected chi connectivity index (χ4v) is 4.51. The van der Waals surface area contributed by atoms with Crippen LogP contribution in [0.5, 0.6) is 5.75 Å². The second-order valence-electron chi connectivity index (χ2n) is 8.82. The summed E-state index contributed by atoms with van der Waals surface area (Å²) in [6.45, 7) is 0.518. The van der Waals surface area contributed by atoms with Gasteiger partial charge in [-0.25, -0.2) is 9.67 Å². The minimum Gasteiger partial charge on any atom is -0.489 e. The largest absolute Gasteiger partial charge is 0.489 e. The molecule has 0 aliphatic carbocycles. The van der Waals surface area contributed by atoms with Gasteiger partial charge in [-0.15, -0.1) is 0 Å². The van der Waals surface area contributed by atoms with Crippen molar-refractivity contribution in [3.8, 4) is 45.2 Å². The molecule has 0 amide bonds. The molecule has 6 aromatic rings. The van der Waals surface area contributed by atoms with E-state index in [1.54, 1.807) is 0 Å². The second-order valence-corrected chi connectivity index (χ2v) is 9.21. The quantitative estimate of drug-likeness (QED) is 0.221. The van der Waals surface area contributed by atoms with Gasteiger partial charge in [0.15, 0.2) is 4.77 Å². The van der Waals surface area contributed by atoms with E-state index in [2.05, 4.69) is 22.1 Å². The molecule has 0 atom stereocenters. The molecule has 2 aromatic heterocycles. The summed E-state index contributed by atoms with van der Waals surface area (Å²) in [7, 11) is 0. The molecule has 38 heavy (non-hydrogen) atoms. The molecule has 4 aromatic carbocycles. The number of rotatable bonds is 7. The third kappa shape index (κ3) is 5.16. The Hall–Kier alpha value is -4.81. The number of nitrogens with one attached hydrogen (secondary N) is 1. The number of para-hydroxylation sites is 1. The van der Waals surface area contributed by atoms with Crippen LogP contribution in [0, 0.1) is 4.77 Å². The van der Waals surface area contributed by atoms with Crippen molar-refractivity contribution in [3.05, 3.63) is 138 Å². The minimum absolute atomic E-state index is 0.421. The van der Waals surface area contributed by atoms with Gasteiger partial charge in [0.2, 0.25) is 0 Å². The number of benzene rings is 4. The lowest BCUT2D eigenvalue weighted by Crippen LogP contribution is -1.95. The average molecular weight is 513 g/mol. The molecular formula is C32H24N4OS. The highest BCUT2D eigenvalue weighted by atomic mass is 32.1. The molecule has 0 saturated carbocycles. The maximum Gasteiger partial charge on any atom is 0.197 e. The fourth-order valence-electron chi connectivity index (χ4n) is 4.31. The van der Waals surface area contributed by atoms with Crippen LogP contribution in [-0.2, 0) is 6.61 Å². The van der Waals surface area contributed by atoms with E-state index in [9.17, 15) is 0 Å². The highest BCUT2D eigenvalue weighted by molar-refractivity contribution is 7.71. The Morgan fingerprint density at radius 3 is 2.11 bits per heavy atom. The number of H-pyrrole nitrogens is 1. The monoisotopic (exact) mass is 512 g/mol. The molecule has 0 fully saturated rings. The second kappa shape index (κ2) is 10.7. The lowest BCUT2D eigenvalue weighted by atomic mass is 10.0. The SMILES string of the molecule is S=c1nc(-c2ccccc2)cc(-c2cn(-c3ccccc3)nc2-c2ccc(OCc3ccccc3)cc2)[nH]1. The van der Waals surface area contributed by atoms with Crippen LogP contribution in [0.3, 0.4) is 0 Å². The number of aromatic amines is 1. The number of aromatic nitrogens is 4. The van der Waals surface area contributed by atoms with Gasteiger partial charge in [0.25, 0.3) is 0 Å². The van der Waals surface area contributed by atoms with E-state index in [4.69, 9.17) is 22.1 Å². The molecule has 6 rings (SSSR count). The summed E-state index contributed by atoms with van der Waals surface area (Å²) in [5.74, 6) is 0.802. The maximum atomic E-state index is 6.00. The van der Waals surface area contributed by atoms with Crippen LogP contribution in [0.25, 0.3) is 39.5 Å². The van der Waals surface area contributed by atoms with Crippen molar-refractivity contribution < 1.29 is 4.74 Å². The molecule has 0 aliphatic rings. The first-order valence-electron chi connectivity index (χ1n) is 12.3. The van der Waals surface area contributed by atoms with Gasteiger partial charge in [0.05, 0.1) is 17.1 Å². The van der Waals surface area contributed by atoms with Crippen LogP contribution in [0.15, 0.2) is 128 Å². The number of hydrogen-bond acceptors (Lipinski definition) is 4. The summed E-state index contributed by atoms with van der Waals surface area (Å²) in [6.07, 6.45) is 2.03.